The van der Waals surface area contributed by atoms with Gasteiger partial charge in [0.25, 0.3) is 5.91 Å². The fourth-order valence-electron chi connectivity index (χ4n) is 3.31. The number of ether oxygens (including phenoxy) is 2. The van der Waals surface area contributed by atoms with Gasteiger partial charge in [-0.25, -0.2) is 4.79 Å². The maximum absolute atomic E-state index is 12.8. The molecule has 9 nitrogen and oxygen atoms in total. The van der Waals surface area contributed by atoms with Gasteiger partial charge in [-0.15, -0.1) is 12.4 Å². The maximum atomic E-state index is 12.8. The molecule has 0 unspecified atom stereocenters. The van der Waals surface area contributed by atoms with Crippen molar-refractivity contribution < 1.29 is 19.1 Å². The van der Waals surface area contributed by atoms with Gasteiger partial charge in [-0.1, -0.05) is 12.1 Å². The Hall–Kier alpha value is -3.17. The van der Waals surface area contributed by atoms with Crippen molar-refractivity contribution in [2.24, 2.45) is 0 Å². The summed E-state index contributed by atoms with van der Waals surface area (Å²) in [6.07, 6.45) is 6.71. The number of aromatic nitrogens is 4. The van der Waals surface area contributed by atoms with Crippen LogP contribution in [0.4, 0.5) is 5.69 Å². The number of anilines is 1. The van der Waals surface area contributed by atoms with Crippen LogP contribution in [-0.4, -0.2) is 52.2 Å². The molecule has 2 N–H and O–H groups in total. The molecule has 0 bridgehead atoms. The highest BCUT2D eigenvalue weighted by Crippen LogP contribution is 2.25. The molecule has 0 aliphatic carbocycles. The fourth-order valence-corrected chi connectivity index (χ4v) is 3.31. The average Bonchev–Trinajstić information content (AvgIpc) is 3.44. The number of carbonyl (C=O) groups is 2. The minimum atomic E-state index is -0.599. The molecule has 30 heavy (non-hydrogen) atoms. The number of hydrogen-bond acceptors (Lipinski definition) is 6. The number of halogens is 1. The monoisotopic (exact) mass is 431 g/mol. The molecule has 4 rings (SSSR count). The third-order valence-corrected chi connectivity index (χ3v) is 4.88. The summed E-state index contributed by atoms with van der Waals surface area (Å²) in [5.41, 5.74) is 2.60. The van der Waals surface area contributed by atoms with Crippen LogP contribution in [0.1, 0.15) is 39.7 Å². The van der Waals surface area contributed by atoms with Crippen molar-refractivity contribution in [3.8, 4) is 11.1 Å². The predicted molar refractivity (Wildman–Crippen MR) is 112 cm³/mol. The van der Waals surface area contributed by atoms with Crippen LogP contribution >= 0.6 is 12.4 Å². The summed E-state index contributed by atoms with van der Waals surface area (Å²) in [6.45, 7) is 1.28. The smallest absolute Gasteiger partial charge is 0.360 e. The van der Waals surface area contributed by atoms with E-state index in [1.165, 1.54) is 7.11 Å². The molecule has 0 saturated carbocycles. The van der Waals surface area contributed by atoms with Crippen molar-refractivity contribution in [3.63, 3.8) is 0 Å². The quantitative estimate of drug-likeness (QED) is 0.600. The average molecular weight is 432 g/mol. The zero-order valence-corrected chi connectivity index (χ0v) is 17.1. The van der Waals surface area contributed by atoms with Crippen molar-refractivity contribution in [2.75, 3.05) is 25.6 Å². The number of methoxy groups -OCH3 is 1. The van der Waals surface area contributed by atoms with Gasteiger partial charge >= 0.3 is 5.97 Å². The maximum Gasteiger partial charge on any atom is 0.360 e. The Morgan fingerprint density at radius 3 is 2.77 bits per heavy atom. The third kappa shape index (κ3) is 4.52. The van der Waals surface area contributed by atoms with Crippen LogP contribution < -0.4 is 5.32 Å². The number of H-pyrrole nitrogens is 1. The summed E-state index contributed by atoms with van der Waals surface area (Å²) >= 11 is 0. The van der Waals surface area contributed by atoms with Gasteiger partial charge in [-0.2, -0.15) is 10.2 Å². The van der Waals surface area contributed by atoms with E-state index in [9.17, 15) is 9.59 Å². The van der Waals surface area contributed by atoms with E-state index in [4.69, 9.17) is 9.47 Å². The van der Waals surface area contributed by atoms with Crippen molar-refractivity contribution in [3.05, 3.63) is 54.1 Å². The highest BCUT2D eigenvalue weighted by Gasteiger charge is 2.24. The standard InChI is InChI=1S/C20H21N5O4.ClH/c1-28-20(27)18-17(12-25(24-18)16-5-7-29-8-6-16)23-19(26)14-4-2-3-13(9-14)15-10-21-22-11-15;/h2-4,9-12,16H,5-8H2,1H3,(H,21,22)(H,23,26);1H. The number of carbonyl (C=O) groups excluding carboxylic acids is 2. The van der Waals surface area contributed by atoms with E-state index in [-0.39, 0.29) is 30.0 Å². The van der Waals surface area contributed by atoms with Gasteiger partial charge in [0, 0.05) is 36.7 Å². The van der Waals surface area contributed by atoms with Crippen LogP contribution in [0.5, 0.6) is 0 Å². The summed E-state index contributed by atoms with van der Waals surface area (Å²) in [5.74, 6) is -0.940. The van der Waals surface area contributed by atoms with E-state index in [1.54, 1.807) is 41.5 Å². The predicted octanol–water partition coefficient (Wildman–Crippen LogP) is 3.09. The third-order valence-electron chi connectivity index (χ3n) is 4.88. The van der Waals surface area contributed by atoms with Crippen molar-refractivity contribution >= 4 is 30.0 Å². The largest absolute Gasteiger partial charge is 0.464 e. The van der Waals surface area contributed by atoms with Crippen LogP contribution in [0.15, 0.2) is 42.9 Å². The fraction of sp³-hybridized carbons (Fsp3) is 0.300. The molecule has 1 saturated heterocycles. The molecule has 1 aliphatic rings. The Labute approximate surface area is 179 Å². The lowest BCUT2D eigenvalue weighted by molar-refractivity contribution is 0.0583. The SMILES string of the molecule is COC(=O)c1nn(C2CCOCC2)cc1NC(=O)c1cccc(-c2cn[nH]c2)c1.Cl. The number of benzene rings is 1. The molecule has 3 aromatic rings. The second kappa shape index (κ2) is 9.55. The second-order valence-corrected chi connectivity index (χ2v) is 6.73. The van der Waals surface area contributed by atoms with Gasteiger partial charge in [-0.3, -0.25) is 14.6 Å². The molecule has 1 amide bonds. The molecule has 0 atom stereocenters. The van der Waals surface area contributed by atoms with Gasteiger partial charge in [0.15, 0.2) is 5.69 Å². The Bertz CT molecular complexity index is 1010. The van der Waals surface area contributed by atoms with E-state index in [1.807, 2.05) is 6.07 Å². The summed E-state index contributed by atoms with van der Waals surface area (Å²) in [4.78, 5) is 25.0. The van der Waals surface area contributed by atoms with Crippen LogP contribution in [0.2, 0.25) is 0 Å². The van der Waals surface area contributed by atoms with E-state index in [2.05, 4.69) is 20.6 Å². The summed E-state index contributed by atoms with van der Waals surface area (Å²) in [6, 6.07) is 7.28. The Morgan fingerprint density at radius 1 is 1.27 bits per heavy atom. The first kappa shape index (κ1) is 21.5. The number of rotatable bonds is 5. The molecule has 1 fully saturated rings. The Balaban J connectivity index is 0.00000256. The number of aromatic amines is 1. The minimum absolute atomic E-state index is 0. The molecule has 0 radical (unpaired) electrons. The molecule has 158 valence electrons. The van der Waals surface area contributed by atoms with Gasteiger partial charge in [-0.05, 0) is 30.5 Å². The highest BCUT2D eigenvalue weighted by molar-refractivity contribution is 6.07. The molecular weight excluding hydrogens is 410 g/mol. The molecule has 0 spiro atoms. The van der Waals surface area contributed by atoms with Crippen LogP contribution in [0.25, 0.3) is 11.1 Å². The zero-order chi connectivity index (χ0) is 20.2. The van der Waals surface area contributed by atoms with Gasteiger partial charge in [0.2, 0.25) is 0 Å². The van der Waals surface area contributed by atoms with Crippen molar-refractivity contribution in [1.82, 2.24) is 20.0 Å². The van der Waals surface area contributed by atoms with E-state index >= 15 is 0 Å². The van der Waals surface area contributed by atoms with Crippen LogP contribution in [-0.2, 0) is 9.47 Å². The number of nitrogens with zero attached hydrogens (tertiary/aromatic N) is 3. The van der Waals surface area contributed by atoms with Gasteiger partial charge < -0.3 is 14.8 Å². The van der Waals surface area contributed by atoms with E-state index in [0.29, 0.717) is 24.5 Å². The second-order valence-electron chi connectivity index (χ2n) is 6.73. The first-order valence-corrected chi connectivity index (χ1v) is 9.31. The molecule has 10 heteroatoms. The summed E-state index contributed by atoms with van der Waals surface area (Å²) in [7, 11) is 1.29. The lowest BCUT2D eigenvalue weighted by Crippen LogP contribution is -2.20. The van der Waals surface area contributed by atoms with Gasteiger partial charge in [0.1, 0.15) is 0 Å². The van der Waals surface area contributed by atoms with Crippen molar-refractivity contribution in [1.29, 1.82) is 0 Å². The molecule has 2 aromatic heterocycles. The topological polar surface area (TPSA) is 111 Å². The minimum Gasteiger partial charge on any atom is -0.464 e. The number of nitrogens with one attached hydrogen (secondary N) is 2. The van der Waals surface area contributed by atoms with Crippen LogP contribution in [0, 0.1) is 0 Å². The first-order chi connectivity index (χ1) is 14.2. The Morgan fingerprint density at radius 2 is 2.07 bits per heavy atom. The lowest BCUT2D eigenvalue weighted by atomic mass is 10.1. The molecule has 3 heterocycles. The Kier molecular flexibility index (Phi) is 6.86. The number of esters is 1. The van der Waals surface area contributed by atoms with E-state index in [0.717, 1.165) is 24.0 Å². The molecular formula is C20H22ClN5O4. The molecule has 1 aromatic carbocycles. The van der Waals surface area contributed by atoms with Crippen molar-refractivity contribution in [2.45, 2.75) is 18.9 Å². The van der Waals surface area contributed by atoms with Crippen LogP contribution in [0.3, 0.4) is 0 Å². The molecule has 1 aliphatic heterocycles. The summed E-state index contributed by atoms with van der Waals surface area (Å²) < 4.78 is 11.9. The highest BCUT2D eigenvalue weighted by atomic mass is 35.5. The van der Waals surface area contributed by atoms with Gasteiger partial charge in [0.05, 0.1) is 25.0 Å². The summed E-state index contributed by atoms with van der Waals surface area (Å²) in [5, 5.41) is 13.9. The van der Waals surface area contributed by atoms with E-state index < -0.39 is 5.97 Å². The number of hydrogen-bond donors (Lipinski definition) is 2. The zero-order valence-electron chi connectivity index (χ0n) is 16.3. The normalized spacial score (nSPS) is 14.0. The number of amides is 1. The first-order valence-electron chi connectivity index (χ1n) is 9.31. The lowest BCUT2D eigenvalue weighted by Gasteiger charge is -2.22.